The molecule has 4 aromatic rings. The van der Waals surface area contributed by atoms with E-state index in [1.165, 1.54) is 11.8 Å². The molecule has 0 unspecified atom stereocenters. The van der Waals surface area contributed by atoms with E-state index in [4.69, 9.17) is 4.74 Å². The Morgan fingerprint density at radius 3 is 2.61 bits per heavy atom. The first kappa shape index (κ1) is 20.7. The number of aryl methyl sites for hydroxylation is 1. The quantitative estimate of drug-likeness (QED) is 0.445. The maximum atomic E-state index is 12.7. The first-order chi connectivity index (χ1) is 15.1. The molecule has 1 N–H and O–H groups in total. The number of thioether (sulfide) groups is 1. The molecule has 0 atom stereocenters. The van der Waals surface area contributed by atoms with Crippen LogP contribution in [0.15, 0.2) is 66.1 Å². The smallest absolute Gasteiger partial charge is 0.234 e. The van der Waals surface area contributed by atoms with Crippen LogP contribution in [0.1, 0.15) is 11.4 Å². The lowest BCUT2D eigenvalue weighted by Crippen LogP contribution is -2.15. The summed E-state index contributed by atoms with van der Waals surface area (Å²) >= 11 is 1.30. The third-order valence-electron chi connectivity index (χ3n) is 4.75. The molecule has 4 rings (SSSR count). The van der Waals surface area contributed by atoms with Gasteiger partial charge in [0.05, 0.1) is 41.3 Å². The minimum absolute atomic E-state index is 0.140. The third-order valence-corrected chi connectivity index (χ3v) is 5.69. The number of aromatic nitrogens is 5. The van der Waals surface area contributed by atoms with Gasteiger partial charge in [0.15, 0.2) is 5.16 Å². The highest BCUT2D eigenvalue weighted by Gasteiger charge is 2.17. The summed E-state index contributed by atoms with van der Waals surface area (Å²) in [4.78, 5) is 12.7. The Labute approximate surface area is 184 Å². The molecule has 2 aromatic carbocycles. The van der Waals surface area contributed by atoms with Crippen molar-refractivity contribution in [3.8, 4) is 17.1 Å². The van der Waals surface area contributed by atoms with Gasteiger partial charge in [-0.25, -0.2) is 4.68 Å². The minimum atomic E-state index is -0.140. The molecule has 0 radical (unpaired) electrons. The van der Waals surface area contributed by atoms with Crippen molar-refractivity contribution in [3.05, 3.63) is 72.3 Å². The van der Waals surface area contributed by atoms with Gasteiger partial charge in [-0.15, -0.1) is 10.2 Å². The number of hydrogen-bond donors (Lipinski definition) is 1. The van der Waals surface area contributed by atoms with Crippen LogP contribution in [0, 0.1) is 13.8 Å². The molecular formula is C22H22N6O2S. The Kier molecular flexibility index (Phi) is 6.03. The van der Waals surface area contributed by atoms with Crippen molar-refractivity contribution in [2.24, 2.45) is 0 Å². The highest BCUT2D eigenvalue weighted by molar-refractivity contribution is 7.99. The molecule has 158 valence electrons. The van der Waals surface area contributed by atoms with Crippen LogP contribution in [0.2, 0.25) is 0 Å². The van der Waals surface area contributed by atoms with Crippen molar-refractivity contribution in [3.63, 3.8) is 0 Å². The summed E-state index contributed by atoms with van der Waals surface area (Å²) in [6.45, 7) is 3.82. The van der Waals surface area contributed by atoms with E-state index in [9.17, 15) is 4.79 Å². The minimum Gasteiger partial charge on any atom is -0.495 e. The van der Waals surface area contributed by atoms with Gasteiger partial charge in [-0.2, -0.15) is 5.10 Å². The molecule has 2 heterocycles. The molecular weight excluding hydrogens is 412 g/mol. The van der Waals surface area contributed by atoms with Crippen LogP contribution in [0.5, 0.6) is 5.75 Å². The zero-order valence-corrected chi connectivity index (χ0v) is 18.3. The van der Waals surface area contributed by atoms with E-state index in [0.29, 0.717) is 10.9 Å². The SMILES string of the molecule is COc1ccccc1-n1cnnc1SCC(=O)Nc1c(C)nn(-c2ccccc2)c1C. The average molecular weight is 435 g/mol. The van der Waals surface area contributed by atoms with Crippen LogP contribution < -0.4 is 10.1 Å². The third kappa shape index (κ3) is 4.31. The second-order valence-electron chi connectivity index (χ2n) is 6.79. The summed E-state index contributed by atoms with van der Waals surface area (Å²) in [6.07, 6.45) is 1.61. The van der Waals surface area contributed by atoms with E-state index in [1.807, 2.05) is 73.1 Å². The summed E-state index contributed by atoms with van der Waals surface area (Å²) < 4.78 is 9.06. The van der Waals surface area contributed by atoms with E-state index in [1.54, 1.807) is 18.0 Å². The van der Waals surface area contributed by atoms with Gasteiger partial charge < -0.3 is 10.1 Å². The zero-order valence-electron chi connectivity index (χ0n) is 17.4. The number of methoxy groups -OCH3 is 1. The van der Waals surface area contributed by atoms with Gasteiger partial charge in [0.25, 0.3) is 0 Å². The van der Waals surface area contributed by atoms with Gasteiger partial charge >= 0.3 is 0 Å². The molecule has 0 aliphatic heterocycles. The monoisotopic (exact) mass is 434 g/mol. The molecule has 8 nitrogen and oxygen atoms in total. The number of ether oxygens (including phenoxy) is 1. The molecule has 1 amide bonds. The lowest BCUT2D eigenvalue weighted by atomic mass is 10.3. The number of anilines is 1. The lowest BCUT2D eigenvalue weighted by Gasteiger charge is -2.11. The van der Waals surface area contributed by atoms with Crippen LogP contribution in [0.25, 0.3) is 11.4 Å². The van der Waals surface area contributed by atoms with E-state index in [-0.39, 0.29) is 11.7 Å². The number of carbonyl (C=O) groups is 1. The molecule has 0 bridgehead atoms. The zero-order chi connectivity index (χ0) is 21.8. The van der Waals surface area contributed by atoms with Gasteiger partial charge in [0.2, 0.25) is 5.91 Å². The molecule has 0 aliphatic rings. The number of carbonyl (C=O) groups excluding carboxylic acids is 1. The number of nitrogens with one attached hydrogen (secondary N) is 1. The highest BCUT2D eigenvalue weighted by atomic mass is 32.2. The maximum Gasteiger partial charge on any atom is 0.234 e. The second-order valence-corrected chi connectivity index (χ2v) is 7.73. The molecule has 0 fully saturated rings. The first-order valence-electron chi connectivity index (χ1n) is 9.66. The Hall–Kier alpha value is -3.59. The molecule has 0 saturated carbocycles. The molecule has 9 heteroatoms. The lowest BCUT2D eigenvalue weighted by molar-refractivity contribution is -0.113. The van der Waals surface area contributed by atoms with Gasteiger partial charge in [-0.3, -0.25) is 9.36 Å². The highest BCUT2D eigenvalue weighted by Crippen LogP contribution is 2.27. The topological polar surface area (TPSA) is 86.9 Å². The summed E-state index contributed by atoms with van der Waals surface area (Å²) in [5.74, 6) is 0.745. The number of benzene rings is 2. The van der Waals surface area contributed by atoms with Crippen molar-refractivity contribution < 1.29 is 9.53 Å². The summed E-state index contributed by atoms with van der Waals surface area (Å²) in [5, 5.41) is 16.3. The van der Waals surface area contributed by atoms with Crippen molar-refractivity contribution in [2.45, 2.75) is 19.0 Å². The predicted molar refractivity (Wildman–Crippen MR) is 120 cm³/mol. The van der Waals surface area contributed by atoms with E-state index in [0.717, 1.165) is 28.5 Å². The summed E-state index contributed by atoms with van der Waals surface area (Å²) in [5.41, 5.74) is 4.12. The number of amides is 1. The van der Waals surface area contributed by atoms with Gasteiger partial charge in [-0.05, 0) is 38.1 Å². The maximum absolute atomic E-state index is 12.7. The van der Waals surface area contributed by atoms with Crippen molar-refractivity contribution >= 4 is 23.4 Å². The Morgan fingerprint density at radius 2 is 1.84 bits per heavy atom. The number of para-hydroxylation sites is 3. The van der Waals surface area contributed by atoms with E-state index >= 15 is 0 Å². The molecule has 0 spiro atoms. The molecule has 0 aliphatic carbocycles. The Bertz CT molecular complexity index is 1200. The van der Waals surface area contributed by atoms with Crippen LogP contribution in [-0.4, -0.2) is 43.3 Å². The van der Waals surface area contributed by atoms with Crippen LogP contribution >= 0.6 is 11.8 Å². The molecule has 0 saturated heterocycles. The fourth-order valence-electron chi connectivity index (χ4n) is 3.27. The summed E-state index contributed by atoms with van der Waals surface area (Å²) in [7, 11) is 1.61. The number of rotatable bonds is 7. The second kappa shape index (κ2) is 9.05. The normalized spacial score (nSPS) is 10.8. The Balaban J connectivity index is 1.47. The molecule has 2 aromatic heterocycles. The van der Waals surface area contributed by atoms with Crippen molar-refractivity contribution in [2.75, 3.05) is 18.2 Å². The average Bonchev–Trinajstić information content (AvgIpc) is 3.38. The number of nitrogens with zero attached hydrogens (tertiary/aromatic N) is 5. The summed E-state index contributed by atoms with van der Waals surface area (Å²) in [6, 6.07) is 17.4. The number of hydrogen-bond acceptors (Lipinski definition) is 6. The van der Waals surface area contributed by atoms with Gasteiger partial charge in [0.1, 0.15) is 12.1 Å². The molecule has 31 heavy (non-hydrogen) atoms. The van der Waals surface area contributed by atoms with E-state index in [2.05, 4.69) is 20.6 Å². The Morgan fingerprint density at radius 1 is 1.10 bits per heavy atom. The largest absolute Gasteiger partial charge is 0.495 e. The van der Waals surface area contributed by atoms with Crippen molar-refractivity contribution in [1.29, 1.82) is 0 Å². The van der Waals surface area contributed by atoms with Crippen LogP contribution in [0.4, 0.5) is 5.69 Å². The van der Waals surface area contributed by atoms with Crippen LogP contribution in [-0.2, 0) is 4.79 Å². The van der Waals surface area contributed by atoms with Gasteiger partial charge in [-0.1, -0.05) is 42.1 Å². The van der Waals surface area contributed by atoms with Crippen LogP contribution in [0.3, 0.4) is 0 Å². The first-order valence-corrected chi connectivity index (χ1v) is 10.6. The fraction of sp³-hybridized carbons (Fsp3) is 0.182. The standard InChI is InChI=1S/C22H22N6O2S/c1-15-21(16(2)28(26-15)17-9-5-4-6-10-17)24-20(29)13-31-22-25-23-14-27(22)18-11-7-8-12-19(18)30-3/h4-12,14H,13H2,1-3H3,(H,24,29). The van der Waals surface area contributed by atoms with Gasteiger partial charge in [0, 0.05) is 0 Å². The fourth-order valence-corrected chi connectivity index (χ4v) is 3.99. The van der Waals surface area contributed by atoms with E-state index < -0.39 is 0 Å². The van der Waals surface area contributed by atoms with Crippen molar-refractivity contribution in [1.82, 2.24) is 24.5 Å². The predicted octanol–water partition coefficient (Wildman–Crippen LogP) is 3.81.